The number of Topliss-reactive ketones (excluding diaryl/α,β-unsaturated/α-hetero) is 1. The van der Waals surface area contributed by atoms with Gasteiger partial charge in [0.2, 0.25) is 0 Å². The molecule has 0 saturated heterocycles. The summed E-state index contributed by atoms with van der Waals surface area (Å²) in [7, 11) is 0. The van der Waals surface area contributed by atoms with Crippen LogP contribution >= 0.6 is 15.9 Å². The van der Waals surface area contributed by atoms with Crippen molar-refractivity contribution in [1.29, 1.82) is 0 Å². The standard InChI is InChI=1S/C13H14BrFO3/c14-8-1-2-11(15)10(7-8)12(17)13(18)5-3-9(16)4-6-13/h1-2,7,12,17-18H,3-6H2. The second-order valence-electron chi connectivity index (χ2n) is 4.71. The Morgan fingerprint density at radius 3 is 2.56 bits per heavy atom. The molecule has 1 aliphatic rings. The topological polar surface area (TPSA) is 57.5 Å². The quantitative estimate of drug-likeness (QED) is 0.881. The van der Waals surface area contributed by atoms with Gasteiger partial charge in [-0.15, -0.1) is 0 Å². The number of benzene rings is 1. The Kier molecular flexibility index (Phi) is 3.84. The molecule has 1 aliphatic carbocycles. The van der Waals surface area contributed by atoms with Gasteiger partial charge in [-0.05, 0) is 31.0 Å². The van der Waals surface area contributed by atoms with Crippen LogP contribution in [0, 0.1) is 5.82 Å². The third kappa shape index (κ3) is 2.63. The Balaban J connectivity index is 2.27. The van der Waals surface area contributed by atoms with E-state index in [0.29, 0.717) is 4.47 Å². The van der Waals surface area contributed by atoms with E-state index in [4.69, 9.17) is 0 Å². The molecule has 98 valence electrons. The predicted octanol–water partition coefficient (Wildman–Crippen LogP) is 2.50. The number of hydrogen-bond donors (Lipinski definition) is 2. The highest BCUT2D eigenvalue weighted by Gasteiger charge is 2.40. The van der Waals surface area contributed by atoms with Crippen molar-refractivity contribution in [3.8, 4) is 0 Å². The molecule has 1 saturated carbocycles. The highest BCUT2D eigenvalue weighted by Crippen LogP contribution is 2.38. The minimum absolute atomic E-state index is 0.0567. The van der Waals surface area contributed by atoms with Crippen molar-refractivity contribution >= 4 is 21.7 Å². The average Bonchev–Trinajstić information content (AvgIpc) is 2.35. The molecule has 2 N–H and O–H groups in total. The lowest BCUT2D eigenvalue weighted by atomic mass is 9.78. The van der Waals surface area contributed by atoms with Gasteiger partial charge in [-0.2, -0.15) is 0 Å². The van der Waals surface area contributed by atoms with Crippen LogP contribution in [0.15, 0.2) is 22.7 Å². The number of rotatable bonds is 2. The van der Waals surface area contributed by atoms with Gasteiger partial charge in [0.05, 0.1) is 5.60 Å². The number of aliphatic hydroxyl groups is 2. The van der Waals surface area contributed by atoms with E-state index in [9.17, 15) is 19.4 Å². The molecular formula is C13H14BrFO3. The molecular weight excluding hydrogens is 303 g/mol. The fraction of sp³-hybridized carbons (Fsp3) is 0.462. The number of ketones is 1. The van der Waals surface area contributed by atoms with Gasteiger partial charge >= 0.3 is 0 Å². The zero-order valence-corrected chi connectivity index (χ0v) is 11.3. The Morgan fingerprint density at radius 2 is 1.94 bits per heavy atom. The molecule has 1 atom stereocenters. The molecule has 1 fully saturated rings. The molecule has 0 amide bonds. The SMILES string of the molecule is O=C1CCC(O)(C(O)c2cc(Br)ccc2F)CC1. The zero-order chi connectivity index (χ0) is 13.3. The van der Waals surface area contributed by atoms with Crippen molar-refractivity contribution in [3.05, 3.63) is 34.1 Å². The first-order chi connectivity index (χ1) is 8.42. The molecule has 0 heterocycles. The van der Waals surface area contributed by atoms with E-state index in [1.807, 2.05) is 0 Å². The number of halogens is 2. The van der Waals surface area contributed by atoms with E-state index in [-0.39, 0.29) is 37.0 Å². The molecule has 0 bridgehead atoms. The third-order valence-corrected chi connectivity index (χ3v) is 3.93. The number of hydrogen-bond acceptors (Lipinski definition) is 3. The first kappa shape index (κ1) is 13.6. The second kappa shape index (κ2) is 5.07. The highest BCUT2D eigenvalue weighted by atomic mass is 79.9. The molecule has 2 rings (SSSR count). The zero-order valence-electron chi connectivity index (χ0n) is 9.70. The van der Waals surface area contributed by atoms with Crippen molar-refractivity contribution in [2.45, 2.75) is 37.4 Å². The van der Waals surface area contributed by atoms with Gasteiger partial charge in [0.1, 0.15) is 17.7 Å². The summed E-state index contributed by atoms with van der Waals surface area (Å²) in [4.78, 5) is 11.2. The van der Waals surface area contributed by atoms with E-state index < -0.39 is 17.5 Å². The number of carbonyl (C=O) groups is 1. The lowest BCUT2D eigenvalue weighted by Crippen LogP contribution is -2.40. The summed E-state index contributed by atoms with van der Waals surface area (Å²) in [5.74, 6) is -0.488. The molecule has 5 heteroatoms. The Bertz CT molecular complexity index is 465. The van der Waals surface area contributed by atoms with Crippen LogP contribution in [0.4, 0.5) is 4.39 Å². The van der Waals surface area contributed by atoms with Gasteiger partial charge in [0.25, 0.3) is 0 Å². The Hall–Kier alpha value is -0.780. The van der Waals surface area contributed by atoms with Crippen LogP contribution in [-0.4, -0.2) is 21.6 Å². The van der Waals surface area contributed by atoms with Crippen molar-refractivity contribution in [2.75, 3.05) is 0 Å². The minimum Gasteiger partial charge on any atom is -0.387 e. The van der Waals surface area contributed by atoms with Crippen LogP contribution in [-0.2, 0) is 4.79 Å². The molecule has 18 heavy (non-hydrogen) atoms. The summed E-state index contributed by atoms with van der Waals surface area (Å²) in [5, 5.41) is 20.5. The molecule has 0 spiro atoms. The van der Waals surface area contributed by atoms with Crippen molar-refractivity contribution in [3.63, 3.8) is 0 Å². The maximum Gasteiger partial charge on any atom is 0.133 e. The second-order valence-corrected chi connectivity index (χ2v) is 5.63. The van der Waals surface area contributed by atoms with E-state index in [1.54, 1.807) is 0 Å². The van der Waals surface area contributed by atoms with Crippen LogP contribution in [0.1, 0.15) is 37.4 Å². The monoisotopic (exact) mass is 316 g/mol. The lowest BCUT2D eigenvalue weighted by Gasteiger charge is -2.36. The van der Waals surface area contributed by atoms with Crippen molar-refractivity contribution in [1.82, 2.24) is 0 Å². The third-order valence-electron chi connectivity index (χ3n) is 3.44. The van der Waals surface area contributed by atoms with Crippen LogP contribution in [0.25, 0.3) is 0 Å². The maximum atomic E-state index is 13.7. The molecule has 1 aromatic carbocycles. The average molecular weight is 317 g/mol. The normalized spacial score (nSPS) is 20.8. The van der Waals surface area contributed by atoms with Gasteiger partial charge in [-0.1, -0.05) is 15.9 Å². The molecule has 3 nitrogen and oxygen atoms in total. The summed E-state index contributed by atoms with van der Waals surface area (Å²) >= 11 is 3.20. The van der Waals surface area contributed by atoms with E-state index in [0.717, 1.165) is 0 Å². The van der Waals surface area contributed by atoms with Gasteiger partial charge in [0.15, 0.2) is 0 Å². The van der Waals surface area contributed by atoms with Gasteiger partial charge < -0.3 is 10.2 Å². The highest BCUT2D eigenvalue weighted by molar-refractivity contribution is 9.10. The largest absolute Gasteiger partial charge is 0.387 e. The van der Waals surface area contributed by atoms with E-state index in [2.05, 4.69) is 15.9 Å². The van der Waals surface area contributed by atoms with E-state index >= 15 is 0 Å². The summed E-state index contributed by atoms with van der Waals surface area (Å²) < 4.78 is 14.3. The first-order valence-electron chi connectivity index (χ1n) is 5.79. The van der Waals surface area contributed by atoms with E-state index in [1.165, 1.54) is 18.2 Å². The minimum atomic E-state index is -1.42. The summed E-state index contributed by atoms with van der Waals surface area (Å²) in [6, 6.07) is 4.22. The maximum absolute atomic E-state index is 13.7. The number of carbonyl (C=O) groups excluding carboxylic acids is 1. The summed E-state index contributed by atoms with van der Waals surface area (Å²) in [6.45, 7) is 0. The molecule has 0 radical (unpaired) electrons. The lowest BCUT2D eigenvalue weighted by molar-refractivity contribution is -0.135. The summed E-state index contributed by atoms with van der Waals surface area (Å²) in [6.07, 6.45) is -0.535. The van der Waals surface area contributed by atoms with Gasteiger partial charge in [0, 0.05) is 22.9 Å². The van der Waals surface area contributed by atoms with Crippen LogP contribution in [0.5, 0.6) is 0 Å². The van der Waals surface area contributed by atoms with Crippen LogP contribution in [0.3, 0.4) is 0 Å². The van der Waals surface area contributed by atoms with Crippen molar-refractivity contribution < 1.29 is 19.4 Å². The fourth-order valence-electron chi connectivity index (χ4n) is 2.25. The smallest absolute Gasteiger partial charge is 0.133 e. The Labute approximate surface area is 113 Å². The fourth-order valence-corrected chi connectivity index (χ4v) is 2.63. The van der Waals surface area contributed by atoms with Crippen LogP contribution < -0.4 is 0 Å². The Morgan fingerprint density at radius 1 is 1.33 bits per heavy atom. The molecule has 1 unspecified atom stereocenters. The predicted molar refractivity (Wildman–Crippen MR) is 67.5 cm³/mol. The molecule has 0 aromatic heterocycles. The van der Waals surface area contributed by atoms with Crippen LogP contribution in [0.2, 0.25) is 0 Å². The molecule has 0 aliphatic heterocycles. The van der Waals surface area contributed by atoms with Crippen molar-refractivity contribution in [2.24, 2.45) is 0 Å². The number of aliphatic hydroxyl groups excluding tert-OH is 1. The first-order valence-corrected chi connectivity index (χ1v) is 6.59. The summed E-state index contributed by atoms with van der Waals surface area (Å²) in [5.41, 5.74) is -1.36. The molecule has 1 aromatic rings. The van der Waals surface area contributed by atoms with Gasteiger partial charge in [-0.3, -0.25) is 4.79 Å². The van der Waals surface area contributed by atoms with Gasteiger partial charge in [-0.25, -0.2) is 4.39 Å².